The monoisotopic (exact) mass is 288 g/mol. The number of amides is 1. The summed E-state index contributed by atoms with van der Waals surface area (Å²) in [6.45, 7) is 0.582. The standard InChI is InChI=1S/C14H16N4OS/c19-14(4-1-11-6-8-20-9-11)15-7-5-13-17-16-10-18(13)12-2-3-12/h1,4,6,8-10,12H,2-3,5,7H2,(H,15,19)/b4-1+. The first-order valence-corrected chi connectivity index (χ1v) is 7.64. The van der Waals surface area contributed by atoms with Crippen molar-refractivity contribution in [2.75, 3.05) is 6.54 Å². The van der Waals surface area contributed by atoms with Crippen LogP contribution < -0.4 is 5.32 Å². The van der Waals surface area contributed by atoms with Crippen molar-refractivity contribution in [3.05, 3.63) is 40.6 Å². The molecule has 0 unspecified atom stereocenters. The Labute approximate surface area is 121 Å². The van der Waals surface area contributed by atoms with Crippen LogP contribution in [-0.2, 0) is 11.2 Å². The summed E-state index contributed by atoms with van der Waals surface area (Å²) in [4.78, 5) is 11.7. The third-order valence-corrected chi connectivity index (χ3v) is 3.91. The first kappa shape index (κ1) is 13.1. The van der Waals surface area contributed by atoms with Gasteiger partial charge in [0, 0.05) is 25.1 Å². The SMILES string of the molecule is O=C(/C=C/c1ccsc1)NCCc1nncn1C1CC1. The van der Waals surface area contributed by atoms with Gasteiger partial charge in [0.05, 0.1) is 0 Å². The summed E-state index contributed by atoms with van der Waals surface area (Å²) < 4.78 is 2.12. The second-order valence-corrected chi connectivity index (χ2v) is 5.60. The number of aromatic nitrogens is 3. The van der Waals surface area contributed by atoms with Gasteiger partial charge < -0.3 is 9.88 Å². The lowest BCUT2D eigenvalue weighted by molar-refractivity contribution is -0.116. The molecule has 3 rings (SSSR count). The molecule has 2 aromatic rings. The molecule has 104 valence electrons. The van der Waals surface area contributed by atoms with Gasteiger partial charge in [0.1, 0.15) is 12.2 Å². The highest BCUT2D eigenvalue weighted by molar-refractivity contribution is 7.08. The molecule has 20 heavy (non-hydrogen) atoms. The second-order valence-electron chi connectivity index (χ2n) is 4.82. The molecule has 1 fully saturated rings. The highest BCUT2D eigenvalue weighted by atomic mass is 32.1. The average molecular weight is 288 g/mol. The van der Waals surface area contributed by atoms with E-state index >= 15 is 0 Å². The summed E-state index contributed by atoms with van der Waals surface area (Å²) in [6, 6.07) is 2.56. The van der Waals surface area contributed by atoms with Gasteiger partial charge in [0.15, 0.2) is 0 Å². The predicted molar refractivity (Wildman–Crippen MR) is 78.4 cm³/mol. The Bertz CT molecular complexity index is 598. The van der Waals surface area contributed by atoms with E-state index < -0.39 is 0 Å². The normalized spacial score (nSPS) is 14.8. The quantitative estimate of drug-likeness (QED) is 0.828. The minimum absolute atomic E-state index is 0.0753. The average Bonchev–Trinajstić information content (AvgIpc) is 2.98. The van der Waals surface area contributed by atoms with E-state index in [4.69, 9.17) is 0 Å². The predicted octanol–water partition coefficient (Wildman–Crippen LogP) is 2.05. The third kappa shape index (κ3) is 3.33. The molecule has 0 aromatic carbocycles. The number of nitrogens with zero attached hydrogens (tertiary/aromatic N) is 3. The molecule has 0 atom stereocenters. The zero-order valence-electron chi connectivity index (χ0n) is 11.0. The maximum Gasteiger partial charge on any atom is 0.244 e. The summed E-state index contributed by atoms with van der Waals surface area (Å²) >= 11 is 1.62. The molecule has 1 amide bonds. The van der Waals surface area contributed by atoms with Crippen LogP contribution in [0.4, 0.5) is 0 Å². The van der Waals surface area contributed by atoms with Gasteiger partial charge in [-0.05, 0) is 41.3 Å². The van der Waals surface area contributed by atoms with E-state index in [1.807, 2.05) is 22.9 Å². The highest BCUT2D eigenvalue weighted by Crippen LogP contribution is 2.35. The van der Waals surface area contributed by atoms with E-state index in [0.717, 1.165) is 11.4 Å². The lowest BCUT2D eigenvalue weighted by Gasteiger charge is -2.04. The number of hydrogen-bond donors (Lipinski definition) is 1. The Balaban J connectivity index is 1.45. The maximum absolute atomic E-state index is 11.7. The summed E-state index contributed by atoms with van der Waals surface area (Å²) in [7, 11) is 0. The first-order valence-electron chi connectivity index (χ1n) is 6.69. The van der Waals surface area contributed by atoms with Gasteiger partial charge in [-0.15, -0.1) is 10.2 Å². The van der Waals surface area contributed by atoms with Crippen molar-refractivity contribution in [1.82, 2.24) is 20.1 Å². The number of hydrogen-bond acceptors (Lipinski definition) is 4. The topological polar surface area (TPSA) is 59.8 Å². The number of carbonyl (C=O) groups is 1. The Kier molecular flexibility index (Phi) is 3.92. The van der Waals surface area contributed by atoms with Crippen LogP contribution >= 0.6 is 11.3 Å². The molecule has 0 saturated heterocycles. The highest BCUT2D eigenvalue weighted by Gasteiger charge is 2.25. The molecule has 1 N–H and O–H groups in total. The van der Waals surface area contributed by atoms with Crippen molar-refractivity contribution < 1.29 is 4.79 Å². The zero-order chi connectivity index (χ0) is 13.8. The number of carbonyl (C=O) groups excluding carboxylic acids is 1. The molecule has 1 saturated carbocycles. The van der Waals surface area contributed by atoms with Crippen molar-refractivity contribution in [3.8, 4) is 0 Å². The van der Waals surface area contributed by atoms with Crippen LogP contribution in [0.1, 0.15) is 30.3 Å². The minimum atomic E-state index is -0.0753. The fraction of sp³-hybridized carbons (Fsp3) is 0.357. The molecule has 0 aliphatic heterocycles. The molecule has 0 spiro atoms. The molecule has 2 aromatic heterocycles. The van der Waals surface area contributed by atoms with Crippen molar-refractivity contribution in [2.24, 2.45) is 0 Å². The third-order valence-electron chi connectivity index (χ3n) is 3.21. The van der Waals surface area contributed by atoms with E-state index in [1.165, 1.54) is 12.8 Å². The van der Waals surface area contributed by atoms with E-state index in [2.05, 4.69) is 20.1 Å². The Morgan fingerprint density at radius 2 is 2.45 bits per heavy atom. The van der Waals surface area contributed by atoms with Gasteiger partial charge >= 0.3 is 0 Å². The molecule has 5 nitrogen and oxygen atoms in total. The summed E-state index contributed by atoms with van der Waals surface area (Å²) in [6.07, 6.45) is 8.30. The van der Waals surface area contributed by atoms with Crippen LogP contribution in [0.25, 0.3) is 6.08 Å². The van der Waals surface area contributed by atoms with E-state index in [1.54, 1.807) is 23.7 Å². The van der Waals surface area contributed by atoms with Crippen molar-refractivity contribution in [2.45, 2.75) is 25.3 Å². The fourth-order valence-electron chi connectivity index (χ4n) is 2.00. The van der Waals surface area contributed by atoms with Crippen LogP contribution in [0.5, 0.6) is 0 Å². The number of thiophene rings is 1. The van der Waals surface area contributed by atoms with Gasteiger partial charge in [0.25, 0.3) is 0 Å². The first-order chi connectivity index (χ1) is 9.83. The van der Waals surface area contributed by atoms with Crippen LogP contribution in [0.2, 0.25) is 0 Å². The molecule has 1 aliphatic carbocycles. The zero-order valence-corrected chi connectivity index (χ0v) is 11.8. The number of nitrogens with one attached hydrogen (secondary N) is 1. The largest absolute Gasteiger partial charge is 0.352 e. The molecule has 6 heteroatoms. The Hall–Kier alpha value is -1.95. The van der Waals surface area contributed by atoms with Gasteiger partial charge in [-0.2, -0.15) is 11.3 Å². The molecule has 2 heterocycles. The smallest absolute Gasteiger partial charge is 0.244 e. The van der Waals surface area contributed by atoms with Crippen LogP contribution in [0.15, 0.2) is 29.2 Å². The van der Waals surface area contributed by atoms with E-state index in [0.29, 0.717) is 19.0 Å². The summed E-state index contributed by atoms with van der Waals surface area (Å²) in [5.74, 6) is 0.878. The maximum atomic E-state index is 11.7. The second kappa shape index (κ2) is 6.00. The lowest BCUT2D eigenvalue weighted by atomic mass is 10.3. The van der Waals surface area contributed by atoms with Crippen LogP contribution in [0.3, 0.4) is 0 Å². The molecule has 0 bridgehead atoms. The number of rotatable bonds is 6. The van der Waals surface area contributed by atoms with Gasteiger partial charge in [-0.3, -0.25) is 4.79 Å². The van der Waals surface area contributed by atoms with Gasteiger partial charge in [-0.1, -0.05) is 0 Å². The van der Waals surface area contributed by atoms with Crippen molar-refractivity contribution >= 4 is 23.3 Å². The fourth-order valence-corrected chi connectivity index (χ4v) is 2.63. The van der Waals surface area contributed by atoms with E-state index in [9.17, 15) is 4.79 Å². The minimum Gasteiger partial charge on any atom is -0.352 e. The van der Waals surface area contributed by atoms with Gasteiger partial charge in [-0.25, -0.2) is 0 Å². The molecule has 0 radical (unpaired) electrons. The van der Waals surface area contributed by atoms with Crippen molar-refractivity contribution in [1.29, 1.82) is 0 Å². The van der Waals surface area contributed by atoms with E-state index in [-0.39, 0.29) is 5.91 Å². The summed E-state index contributed by atoms with van der Waals surface area (Å²) in [5, 5.41) is 14.9. The Morgan fingerprint density at radius 3 is 3.20 bits per heavy atom. The van der Waals surface area contributed by atoms with Crippen molar-refractivity contribution in [3.63, 3.8) is 0 Å². The lowest BCUT2D eigenvalue weighted by Crippen LogP contribution is -2.24. The summed E-state index contributed by atoms with van der Waals surface area (Å²) in [5.41, 5.74) is 1.05. The molecule has 1 aliphatic rings. The molecular weight excluding hydrogens is 272 g/mol. The Morgan fingerprint density at radius 1 is 1.55 bits per heavy atom. The van der Waals surface area contributed by atoms with Gasteiger partial charge in [0.2, 0.25) is 5.91 Å². The van der Waals surface area contributed by atoms with Crippen LogP contribution in [0, 0.1) is 0 Å². The van der Waals surface area contributed by atoms with Crippen LogP contribution in [-0.4, -0.2) is 27.2 Å². The molecular formula is C14H16N4OS.